The lowest BCUT2D eigenvalue weighted by Gasteiger charge is -2.38. The normalized spacial score (nSPS) is 15.5. The molecule has 0 bridgehead atoms. The maximum atomic E-state index is 13.7. The topological polar surface area (TPSA) is 136 Å². The second-order valence-corrected chi connectivity index (χ2v) is 14.7. The maximum absolute atomic E-state index is 13.7. The molecule has 2 heterocycles. The Hall–Kier alpha value is -4.22. The molecule has 0 radical (unpaired) electrons. The van der Waals surface area contributed by atoms with Crippen molar-refractivity contribution in [1.82, 2.24) is 25.4 Å². The molecule has 3 amide bonds. The highest BCUT2D eigenvalue weighted by Crippen LogP contribution is 2.30. The number of nitrogens with one attached hydrogen (secondary N) is 3. The van der Waals surface area contributed by atoms with Crippen molar-refractivity contribution in [1.29, 1.82) is 0 Å². The number of nitrogens with zero attached hydrogens (tertiary/aromatic N) is 4. The van der Waals surface area contributed by atoms with Gasteiger partial charge in [-0.2, -0.15) is 0 Å². The van der Waals surface area contributed by atoms with Crippen LogP contribution in [0, 0.1) is 17.8 Å². The number of para-hydroxylation sites is 1. The summed E-state index contributed by atoms with van der Waals surface area (Å²) < 4.78 is 0. The van der Waals surface area contributed by atoms with Crippen molar-refractivity contribution in [3.8, 4) is 11.3 Å². The molecule has 50 heavy (non-hydrogen) atoms. The predicted octanol–water partition coefficient (Wildman–Crippen LogP) is 4.18. The van der Waals surface area contributed by atoms with Crippen molar-refractivity contribution in [3.63, 3.8) is 0 Å². The first-order valence-electron chi connectivity index (χ1n) is 18.1. The molecule has 11 heteroatoms. The van der Waals surface area contributed by atoms with Gasteiger partial charge in [-0.15, -0.1) is 0 Å². The lowest BCUT2D eigenvalue weighted by Crippen LogP contribution is -2.60. The van der Waals surface area contributed by atoms with E-state index in [2.05, 4.69) is 82.3 Å². The van der Waals surface area contributed by atoms with E-state index in [1.807, 2.05) is 58.6 Å². The number of rotatable bonds is 15. The molecule has 272 valence electrons. The molecule has 3 atom stereocenters. The minimum atomic E-state index is -0.790. The summed E-state index contributed by atoms with van der Waals surface area (Å²) in [6.07, 6.45) is 1.05. The molecule has 3 aromatic rings. The van der Waals surface area contributed by atoms with Gasteiger partial charge in [0.2, 0.25) is 17.7 Å². The maximum Gasteiger partial charge on any atom is 0.245 e. The highest BCUT2D eigenvalue weighted by atomic mass is 16.2. The third-order valence-electron chi connectivity index (χ3n) is 9.43. The standard InChI is InChI=1S/C39H58N8O3/c1-25(2)34(40)37(48)43-35(26(3)4)38(49)44-36(27(5)6)39(50)47-22-20-46(21-23-47)29-16-14-28(15-17-29)32-24-33(41-18-11-19-45(7)8)30-12-9-10-13-31(30)42-32/h9-10,12-17,24-27,34-36H,11,18-23,40H2,1-8H3,(H,41,42)(H,43,48)(H,44,49). The van der Waals surface area contributed by atoms with E-state index in [9.17, 15) is 14.4 Å². The fourth-order valence-corrected chi connectivity index (χ4v) is 6.16. The minimum absolute atomic E-state index is 0.0622. The summed E-state index contributed by atoms with van der Waals surface area (Å²) in [5.74, 6) is -1.21. The van der Waals surface area contributed by atoms with Crippen molar-refractivity contribution in [2.24, 2.45) is 23.5 Å². The minimum Gasteiger partial charge on any atom is -0.384 e. The van der Waals surface area contributed by atoms with E-state index < -0.39 is 18.1 Å². The highest BCUT2D eigenvalue weighted by Gasteiger charge is 2.34. The van der Waals surface area contributed by atoms with Gasteiger partial charge in [0.25, 0.3) is 0 Å². The number of amides is 3. The van der Waals surface area contributed by atoms with Crippen LogP contribution >= 0.6 is 0 Å². The van der Waals surface area contributed by atoms with Crippen molar-refractivity contribution in [2.75, 3.05) is 63.6 Å². The predicted molar refractivity (Wildman–Crippen MR) is 204 cm³/mol. The number of nitrogens with two attached hydrogens (primary N) is 1. The largest absolute Gasteiger partial charge is 0.384 e. The Morgan fingerprint density at radius 3 is 2.04 bits per heavy atom. The molecule has 1 saturated heterocycles. The zero-order valence-corrected chi connectivity index (χ0v) is 31.2. The summed E-state index contributed by atoms with van der Waals surface area (Å²) in [4.78, 5) is 51.1. The van der Waals surface area contributed by atoms with Gasteiger partial charge < -0.3 is 36.4 Å². The van der Waals surface area contributed by atoms with Crippen molar-refractivity contribution < 1.29 is 14.4 Å². The van der Waals surface area contributed by atoms with E-state index in [-0.39, 0.29) is 35.5 Å². The van der Waals surface area contributed by atoms with Crippen LogP contribution in [-0.2, 0) is 14.4 Å². The Bertz CT molecular complexity index is 1580. The quantitative estimate of drug-likeness (QED) is 0.175. The molecule has 11 nitrogen and oxygen atoms in total. The number of benzene rings is 2. The smallest absolute Gasteiger partial charge is 0.245 e. The van der Waals surface area contributed by atoms with Gasteiger partial charge in [-0.3, -0.25) is 14.4 Å². The Balaban J connectivity index is 1.38. The molecule has 2 aromatic carbocycles. The van der Waals surface area contributed by atoms with Gasteiger partial charge in [0.05, 0.1) is 17.3 Å². The average molecular weight is 687 g/mol. The molecule has 3 unspecified atom stereocenters. The van der Waals surface area contributed by atoms with Gasteiger partial charge >= 0.3 is 0 Å². The molecule has 4 rings (SSSR count). The summed E-state index contributed by atoms with van der Waals surface area (Å²) in [6.45, 7) is 15.7. The first kappa shape index (κ1) is 38.6. The van der Waals surface area contributed by atoms with Crippen LogP contribution in [0.2, 0.25) is 0 Å². The highest BCUT2D eigenvalue weighted by molar-refractivity contribution is 5.94. The second kappa shape index (κ2) is 17.6. The van der Waals surface area contributed by atoms with Crippen LogP contribution in [0.3, 0.4) is 0 Å². The molecule has 1 aliphatic rings. The van der Waals surface area contributed by atoms with Crippen molar-refractivity contribution in [2.45, 2.75) is 66.1 Å². The van der Waals surface area contributed by atoms with E-state index in [1.165, 1.54) is 0 Å². The molecular formula is C39H58N8O3. The van der Waals surface area contributed by atoms with E-state index in [4.69, 9.17) is 10.7 Å². The lowest BCUT2D eigenvalue weighted by molar-refractivity contribution is -0.139. The van der Waals surface area contributed by atoms with E-state index in [0.29, 0.717) is 26.2 Å². The first-order chi connectivity index (χ1) is 23.8. The average Bonchev–Trinajstić information content (AvgIpc) is 3.10. The summed E-state index contributed by atoms with van der Waals surface area (Å²) in [5, 5.41) is 10.5. The van der Waals surface area contributed by atoms with E-state index >= 15 is 0 Å². The second-order valence-electron chi connectivity index (χ2n) is 14.7. The Labute approximate surface area is 298 Å². The summed E-state index contributed by atoms with van der Waals surface area (Å²) >= 11 is 0. The fourth-order valence-electron chi connectivity index (χ4n) is 6.16. The number of anilines is 2. The number of hydrogen-bond acceptors (Lipinski definition) is 8. The molecule has 0 spiro atoms. The fraction of sp³-hybridized carbons (Fsp3) is 0.538. The number of carbonyl (C=O) groups excluding carboxylic acids is 3. The van der Waals surface area contributed by atoms with Gasteiger partial charge in [0.15, 0.2) is 0 Å². The summed E-state index contributed by atoms with van der Waals surface area (Å²) in [6, 6.07) is 16.6. The van der Waals surface area contributed by atoms with Gasteiger partial charge in [-0.1, -0.05) is 71.9 Å². The van der Waals surface area contributed by atoms with Crippen LogP contribution in [0.5, 0.6) is 0 Å². The summed E-state index contributed by atoms with van der Waals surface area (Å²) in [7, 11) is 4.18. The van der Waals surface area contributed by atoms with Crippen LogP contribution < -0.4 is 26.6 Å². The number of aromatic nitrogens is 1. The van der Waals surface area contributed by atoms with Crippen LogP contribution in [-0.4, -0.2) is 104 Å². The van der Waals surface area contributed by atoms with Crippen molar-refractivity contribution >= 4 is 40.0 Å². The molecule has 1 aliphatic heterocycles. The first-order valence-corrected chi connectivity index (χ1v) is 18.1. The van der Waals surface area contributed by atoms with Crippen molar-refractivity contribution in [3.05, 3.63) is 54.6 Å². The Kier molecular flexibility index (Phi) is 13.6. The molecule has 0 saturated carbocycles. The third kappa shape index (κ3) is 9.94. The van der Waals surface area contributed by atoms with Gasteiger partial charge in [0.1, 0.15) is 12.1 Å². The lowest BCUT2D eigenvalue weighted by atomic mass is 9.98. The van der Waals surface area contributed by atoms with Crippen LogP contribution in [0.4, 0.5) is 11.4 Å². The zero-order valence-electron chi connectivity index (χ0n) is 31.2. The molecule has 5 N–H and O–H groups in total. The molecule has 1 aromatic heterocycles. The van der Waals surface area contributed by atoms with E-state index in [0.717, 1.165) is 53.0 Å². The molecule has 0 aliphatic carbocycles. The number of fused-ring (bicyclic) bond motifs is 1. The van der Waals surface area contributed by atoms with Gasteiger partial charge in [0, 0.05) is 55.0 Å². The molecule has 1 fully saturated rings. The monoisotopic (exact) mass is 686 g/mol. The Morgan fingerprint density at radius 1 is 0.820 bits per heavy atom. The summed E-state index contributed by atoms with van der Waals surface area (Å²) in [5.41, 5.74) is 11.1. The van der Waals surface area contributed by atoms with Gasteiger partial charge in [-0.25, -0.2) is 4.98 Å². The molecular weight excluding hydrogens is 628 g/mol. The van der Waals surface area contributed by atoms with E-state index in [1.54, 1.807) is 0 Å². The van der Waals surface area contributed by atoms with Crippen LogP contribution in [0.25, 0.3) is 22.2 Å². The number of pyridine rings is 1. The van der Waals surface area contributed by atoms with Gasteiger partial charge in [-0.05, 0) is 69.1 Å². The number of carbonyl (C=O) groups is 3. The Morgan fingerprint density at radius 2 is 1.44 bits per heavy atom. The number of hydrogen-bond donors (Lipinski definition) is 4. The van der Waals surface area contributed by atoms with Crippen LogP contribution in [0.15, 0.2) is 54.6 Å². The van der Waals surface area contributed by atoms with Crippen LogP contribution in [0.1, 0.15) is 48.0 Å². The third-order valence-corrected chi connectivity index (χ3v) is 9.43. The SMILES string of the molecule is CC(C)C(N)C(=O)NC(C(=O)NC(C(=O)N1CCN(c2ccc(-c3cc(NCCCN(C)C)c4ccccc4n3)cc2)CC1)C(C)C)C(C)C. The zero-order chi connectivity index (χ0) is 36.5. The number of piperazine rings is 1.